The van der Waals surface area contributed by atoms with Gasteiger partial charge in [-0.25, -0.2) is 4.79 Å². The highest BCUT2D eigenvalue weighted by Crippen LogP contribution is 2.30. The molecule has 1 atom stereocenters. The number of carbonyl (C=O) groups is 4. The molecule has 0 bridgehead atoms. The summed E-state index contributed by atoms with van der Waals surface area (Å²) in [4.78, 5) is 60.3. The Kier molecular flexibility index (Phi) is 8.32. The first-order valence-electron chi connectivity index (χ1n) is 13.4. The average molecular weight is 576 g/mol. The summed E-state index contributed by atoms with van der Waals surface area (Å²) in [6.07, 6.45) is 3.14. The summed E-state index contributed by atoms with van der Waals surface area (Å²) in [5.41, 5.74) is 1.87. The third kappa shape index (κ3) is 6.39. The lowest BCUT2D eigenvalue weighted by molar-refractivity contribution is -0.121. The van der Waals surface area contributed by atoms with Crippen molar-refractivity contribution in [3.8, 4) is 0 Å². The SMILES string of the molecule is CN1CCC(C(=O)Nc2cc(CN3C(=O)c4ccc(Cl)cc4NC(=O)[C@H]3Cc3ccccn3)ccc2C(=O)O)CC1. The van der Waals surface area contributed by atoms with Gasteiger partial charge in [-0.2, -0.15) is 0 Å². The number of hydrogen-bond donors (Lipinski definition) is 3. The quantitative estimate of drug-likeness (QED) is 0.389. The first kappa shape index (κ1) is 28.3. The van der Waals surface area contributed by atoms with Crippen LogP contribution < -0.4 is 10.6 Å². The Hall–Kier alpha value is -4.28. The number of halogens is 1. The minimum atomic E-state index is -1.18. The van der Waals surface area contributed by atoms with Crippen LogP contribution in [0.3, 0.4) is 0 Å². The summed E-state index contributed by atoms with van der Waals surface area (Å²) in [6.45, 7) is 1.56. The van der Waals surface area contributed by atoms with Gasteiger partial charge in [0.15, 0.2) is 0 Å². The van der Waals surface area contributed by atoms with E-state index in [1.54, 1.807) is 42.6 Å². The second-order valence-corrected chi connectivity index (χ2v) is 10.8. The van der Waals surface area contributed by atoms with E-state index in [2.05, 4.69) is 20.5 Å². The zero-order valence-corrected chi connectivity index (χ0v) is 23.2. The maximum atomic E-state index is 13.9. The Morgan fingerprint density at radius 2 is 1.88 bits per heavy atom. The van der Waals surface area contributed by atoms with Gasteiger partial charge >= 0.3 is 5.97 Å². The molecule has 5 rings (SSSR count). The maximum Gasteiger partial charge on any atom is 0.337 e. The number of fused-ring (bicyclic) bond motifs is 1. The van der Waals surface area contributed by atoms with E-state index in [0.717, 1.165) is 13.1 Å². The Morgan fingerprint density at radius 3 is 2.59 bits per heavy atom. The molecular weight excluding hydrogens is 546 g/mol. The predicted octanol–water partition coefficient (Wildman–Crippen LogP) is 3.92. The van der Waals surface area contributed by atoms with Crippen LogP contribution in [0, 0.1) is 5.92 Å². The molecule has 0 spiro atoms. The molecule has 212 valence electrons. The fraction of sp³-hybridized carbons (Fsp3) is 0.300. The molecule has 11 heteroatoms. The van der Waals surface area contributed by atoms with Crippen LogP contribution in [0.5, 0.6) is 0 Å². The van der Waals surface area contributed by atoms with Crippen molar-refractivity contribution in [2.24, 2.45) is 5.92 Å². The summed E-state index contributed by atoms with van der Waals surface area (Å²) in [5.74, 6) is -2.43. The van der Waals surface area contributed by atoms with E-state index in [-0.39, 0.29) is 41.6 Å². The van der Waals surface area contributed by atoms with Crippen LogP contribution in [0.25, 0.3) is 0 Å². The van der Waals surface area contributed by atoms with Crippen LogP contribution in [0.15, 0.2) is 60.8 Å². The molecule has 0 saturated carbocycles. The second-order valence-electron chi connectivity index (χ2n) is 10.4. The highest BCUT2D eigenvalue weighted by molar-refractivity contribution is 6.31. The van der Waals surface area contributed by atoms with Crippen molar-refractivity contribution in [1.29, 1.82) is 0 Å². The fourth-order valence-electron chi connectivity index (χ4n) is 5.24. The largest absolute Gasteiger partial charge is 0.478 e. The van der Waals surface area contributed by atoms with Crippen molar-refractivity contribution < 1.29 is 24.3 Å². The molecule has 0 radical (unpaired) electrons. The van der Waals surface area contributed by atoms with Crippen LogP contribution in [0.2, 0.25) is 5.02 Å². The number of nitrogens with zero attached hydrogens (tertiary/aromatic N) is 3. The predicted molar refractivity (Wildman–Crippen MR) is 154 cm³/mol. The van der Waals surface area contributed by atoms with Gasteiger partial charge in [0, 0.05) is 35.8 Å². The normalized spacial score (nSPS) is 17.9. The molecule has 1 aromatic heterocycles. The van der Waals surface area contributed by atoms with Crippen molar-refractivity contribution in [1.82, 2.24) is 14.8 Å². The van der Waals surface area contributed by atoms with Crippen molar-refractivity contribution in [3.05, 3.63) is 88.2 Å². The van der Waals surface area contributed by atoms with Gasteiger partial charge < -0.3 is 25.5 Å². The Labute approximate surface area is 242 Å². The number of amides is 3. The number of benzene rings is 2. The number of hydrogen-bond acceptors (Lipinski definition) is 6. The molecule has 1 fully saturated rings. The van der Waals surface area contributed by atoms with Gasteiger partial charge in [0.25, 0.3) is 5.91 Å². The van der Waals surface area contributed by atoms with Gasteiger partial charge in [-0.05, 0) is 81.0 Å². The van der Waals surface area contributed by atoms with Gasteiger partial charge in [-0.15, -0.1) is 0 Å². The summed E-state index contributed by atoms with van der Waals surface area (Å²) in [7, 11) is 2.00. The lowest BCUT2D eigenvalue weighted by Crippen LogP contribution is -2.46. The second kappa shape index (κ2) is 12.1. The number of aromatic nitrogens is 1. The van der Waals surface area contributed by atoms with E-state index < -0.39 is 23.8 Å². The topological polar surface area (TPSA) is 132 Å². The number of carboxylic acid groups (broad SMARTS) is 1. The Bertz CT molecular complexity index is 1490. The molecule has 2 aromatic carbocycles. The van der Waals surface area contributed by atoms with Gasteiger partial charge in [0.1, 0.15) is 6.04 Å². The number of aromatic carboxylic acids is 1. The van der Waals surface area contributed by atoms with E-state index in [1.807, 2.05) is 13.1 Å². The summed E-state index contributed by atoms with van der Waals surface area (Å²) < 4.78 is 0. The lowest BCUT2D eigenvalue weighted by atomic mass is 9.96. The third-order valence-electron chi connectivity index (χ3n) is 7.55. The van der Waals surface area contributed by atoms with Crippen molar-refractivity contribution in [2.75, 3.05) is 30.8 Å². The highest BCUT2D eigenvalue weighted by atomic mass is 35.5. The van der Waals surface area contributed by atoms with Crippen molar-refractivity contribution in [2.45, 2.75) is 31.8 Å². The molecule has 41 heavy (non-hydrogen) atoms. The zero-order chi connectivity index (χ0) is 29.1. The maximum absolute atomic E-state index is 13.9. The number of pyridine rings is 1. The van der Waals surface area contributed by atoms with Gasteiger partial charge in [-0.3, -0.25) is 19.4 Å². The Morgan fingerprint density at radius 1 is 1.10 bits per heavy atom. The first-order valence-corrected chi connectivity index (χ1v) is 13.7. The smallest absolute Gasteiger partial charge is 0.337 e. The molecule has 3 aromatic rings. The van der Waals surface area contributed by atoms with E-state index in [1.165, 1.54) is 17.0 Å². The van der Waals surface area contributed by atoms with Crippen LogP contribution >= 0.6 is 11.6 Å². The first-order chi connectivity index (χ1) is 19.7. The van der Waals surface area contributed by atoms with Crippen LogP contribution in [0.1, 0.15) is 44.8 Å². The van der Waals surface area contributed by atoms with E-state index in [0.29, 0.717) is 34.8 Å². The summed E-state index contributed by atoms with van der Waals surface area (Å²) in [5, 5.41) is 15.8. The number of anilines is 2. The zero-order valence-electron chi connectivity index (χ0n) is 22.5. The third-order valence-corrected chi connectivity index (χ3v) is 7.79. The molecule has 3 N–H and O–H groups in total. The number of rotatable bonds is 7. The fourth-order valence-corrected chi connectivity index (χ4v) is 5.42. The lowest BCUT2D eigenvalue weighted by Gasteiger charge is -2.29. The molecule has 1 saturated heterocycles. The van der Waals surface area contributed by atoms with Crippen molar-refractivity contribution in [3.63, 3.8) is 0 Å². The van der Waals surface area contributed by atoms with E-state index >= 15 is 0 Å². The minimum Gasteiger partial charge on any atom is -0.478 e. The number of likely N-dealkylation sites (tertiary alicyclic amines) is 1. The molecule has 3 heterocycles. The number of carbonyl (C=O) groups excluding carboxylic acids is 3. The van der Waals surface area contributed by atoms with E-state index in [9.17, 15) is 24.3 Å². The number of piperidine rings is 1. The molecule has 3 amide bonds. The molecule has 0 aliphatic carbocycles. The summed E-state index contributed by atoms with van der Waals surface area (Å²) in [6, 6.07) is 13.7. The monoisotopic (exact) mass is 575 g/mol. The minimum absolute atomic E-state index is 0.0111. The molecule has 0 unspecified atom stereocenters. The molecular formula is C30H30ClN5O5. The molecule has 10 nitrogen and oxygen atoms in total. The van der Waals surface area contributed by atoms with Crippen LogP contribution in [-0.2, 0) is 22.6 Å². The van der Waals surface area contributed by atoms with E-state index in [4.69, 9.17) is 11.6 Å². The molecule has 2 aliphatic heterocycles. The number of nitrogens with one attached hydrogen (secondary N) is 2. The average Bonchev–Trinajstić information content (AvgIpc) is 3.03. The van der Waals surface area contributed by atoms with Crippen LogP contribution in [0.4, 0.5) is 11.4 Å². The number of carboxylic acids is 1. The standard InChI is InChI=1S/C30H30ClN5O5/c1-35-12-9-19(10-13-35)27(37)33-24-14-18(5-7-23(24)30(40)41)17-36-26(16-21-4-2-3-11-32-21)28(38)34-25-15-20(31)6-8-22(25)29(36)39/h2-8,11,14-15,19,26H,9-10,12-13,16-17H2,1H3,(H,33,37)(H,34,38)(H,40,41)/t26-/m1/s1. The van der Waals surface area contributed by atoms with Gasteiger partial charge in [0.2, 0.25) is 11.8 Å². The van der Waals surface area contributed by atoms with Crippen molar-refractivity contribution >= 4 is 46.7 Å². The van der Waals surface area contributed by atoms with Gasteiger partial charge in [0.05, 0.1) is 22.5 Å². The molecule has 2 aliphatic rings. The van der Waals surface area contributed by atoms with Crippen LogP contribution in [-0.4, -0.2) is 69.8 Å². The van der Waals surface area contributed by atoms with Gasteiger partial charge in [-0.1, -0.05) is 23.7 Å². The highest BCUT2D eigenvalue weighted by Gasteiger charge is 2.36. The Balaban J connectivity index is 1.48. The summed E-state index contributed by atoms with van der Waals surface area (Å²) >= 11 is 6.15.